The van der Waals surface area contributed by atoms with Gasteiger partial charge in [-0.3, -0.25) is 4.90 Å². The molecule has 3 rings (SSSR count). The van der Waals surface area contributed by atoms with E-state index in [0.29, 0.717) is 5.96 Å². The number of guanidine groups is 1. The molecule has 0 spiro atoms. The molecule has 3 aromatic rings. The molecule has 0 aromatic heterocycles. The maximum Gasteiger partial charge on any atom is 0.205 e. The van der Waals surface area contributed by atoms with Crippen LogP contribution in [0.15, 0.2) is 77.8 Å². The molecule has 0 unspecified atom stereocenters. The molecule has 134 valence electrons. The second-order valence-electron chi connectivity index (χ2n) is 6.16. The maximum absolute atomic E-state index is 6.50. The highest BCUT2D eigenvalue weighted by Gasteiger charge is 2.17. The molecule has 0 radical (unpaired) electrons. The number of nitrogens with two attached hydrogens (primary N) is 1. The van der Waals surface area contributed by atoms with E-state index in [2.05, 4.69) is 38.1 Å². The van der Waals surface area contributed by atoms with E-state index in [9.17, 15) is 0 Å². The zero-order chi connectivity index (χ0) is 17.8. The molecule has 4 heteroatoms. The van der Waals surface area contributed by atoms with Gasteiger partial charge < -0.3 is 5.73 Å². The van der Waals surface area contributed by atoms with Gasteiger partial charge in [-0.2, -0.15) is 0 Å². The van der Waals surface area contributed by atoms with Crippen molar-refractivity contribution in [2.45, 2.75) is 20.8 Å². The van der Waals surface area contributed by atoms with Crippen molar-refractivity contribution in [2.75, 3.05) is 4.90 Å². The molecule has 3 nitrogen and oxygen atoms in total. The van der Waals surface area contributed by atoms with Crippen molar-refractivity contribution in [2.24, 2.45) is 10.7 Å². The molecular formula is C22H24ClN3. The Labute approximate surface area is 161 Å². The van der Waals surface area contributed by atoms with Crippen LogP contribution in [0.1, 0.15) is 16.7 Å². The lowest BCUT2D eigenvalue weighted by Gasteiger charge is -2.27. The lowest BCUT2D eigenvalue weighted by Crippen LogP contribution is -2.34. The van der Waals surface area contributed by atoms with Gasteiger partial charge in [-0.15, -0.1) is 12.4 Å². The minimum atomic E-state index is 0. The lowest BCUT2D eigenvalue weighted by atomic mass is 10.1. The summed E-state index contributed by atoms with van der Waals surface area (Å²) in [6.07, 6.45) is 0. The van der Waals surface area contributed by atoms with Crippen LogP contribution in [0.3, 0.4) is 0 Å². The molecule has 0 saturated carbocycles. The van der Waals surface area contributed by atoms with Crippen LogP contribution >= 0.6 is 12.4 Å². The fraction of sp³-hybridized carbons (Fsp3) is 0.136. The lowest BCUT2D eigenvalue weighted by molar-refractivity contribution is 1.23. The van der Waals surface area contributed by atoms with Gasteiger partial charge in [-0.05, 0) is 55.7 Å². The number of aliphatic imine (C=N–C) groups is 1. The Bertz CT molecular complexity index is 873. The first kappa shape index (κ1) is 19.5. The first-order chi connectivity index (χ1) is 12.1. The summed E-state index contributed by atoms with van der Waals surface area (Å²) in [5.41, 5.74) is 12.8. The minimum absolute atomic E-state index is 0. The molecule has 0 amide bonds. The summed E-state index contributed by atoms with van der Waals surface area (Å²) in [5, 5.41) is 0. The van der Waals surface area contributed by atoms with Gasteiger partial charge in [-0.25, -0.2) is 4.99 Å². The summed E-state index contributed by atoms with van der Waals surface area (Å²) in [4.78, 5) is 6.74. The van der Waals surface area contributed by atoms with Crippen LogP contribution in [-0.4, -0.2) is 5.96 Å². The summed E-state index contributed by atoms with van der Waals surface area (Å²) in [5.74, 6) is 0.456. The standard InChI is InChI=1S/C22H23N3.ClH/c1-16-10-4-7-13-19(16)24-22(23)25(20-14-8-5-11-17(20)2)21-15-9-6-12-18(21)3;/h4-15H,1-3H3,(H2,23,24);1H. The van der Waals surface area contributed by atoms with Crippen LogP contribution in [0.2, 0.25) is 0 Å². The van der Waals surface area contributed by atoms with E-state index >= 15 is 0 Å². The second kappa shape index (κ2) is 8.54. The highest BCUT2D eigenvalue weighted by Crippen LogP contribution is 2.31. The molecule has 0 atom stereocenters. The van der Waals surface area contributed by atoms with Gasteiger partial charge in [0, 0.05) is 0 Å². The number of rotatable bonds is 3. The third kappa shape index (κ3) is 4.06. The molecule has 2 N–H and O–H groups in total. The van der Waals surface area contributed by atoms with Crippen molar-refractivity contribution in [1.29, 1.82) is 0 Å². The quantitative estimate of drug-likeness (QED) is 0.469. The maximum atomic E-state index is 6.50. The van der Waals surface area contributed by atoms with E-state index in [4.69, 9.17) is 10.7 Å². The van der Waals surface area contributed by atoms with Crippen molar-refractivity contribution in [3.8, 4) is 0 Å². The van der Waals surface area contributed by atoms with E-state index in [0.717, 1.165) is 33.8 Å². The molecule has 3 aromatic carbocycles. The number of hydrogen-bond acceptors (Lipinski definition) is 1. The summed E-state index contributed by atoms with van der Waals surface area (Å²) < 4.78 is 0. The van der Waals surface area contributed by atoms with E-state index in [1.165, 1.54) is 0 Å². The van der Waals surface area contributed by atoms with Crippen molar-refractivity contribution < 1.29 is 0 Å². The molecule has 0 heterocycles. The van der Waals surface area contributed by atoms with Crippen LogP contribution in [0.5, 0.6) is 0 Å². The fourth-order valence-electron chi connectivity index (χ4n) is 2.87. The Morgan fingerprint density at radius 2 is 1.12 bits per heavy atom. The fourth-order valence-corrected chi connectivity index (χ4v) is 2.87. The number of benzene rings is 3. The monoisotopic (exact) mass is 365 g/mol. The Morgan fingerprint density at radius 1 is 0.692 bits per heavy atom. The number of para-hydroxylation sites is 3. The SMILES string of the molecule is Cc1ccccc1N=C(N)N(c1ccccc1C)c1ccccc1C.Cl. The van der Waals surface area contributed by atoms with Crippen molar-refractivity contribution in [3.05, 3.63) is 89.5 Å². The molecule has 0 aliphatic rings. The zero-order valence-corrected chi connectivity index (χ0v) is 16.1. The van der Waals surface area contributed by atoms with Crippen molar-refractivity contribution in [3.63, 3.8) is 0 Å². The van der Waals surface area contributed by atoms with Crippen LogP contribution in [-0.2, 0) is 0 Å². The summed E-state index contributed by atoms with van der Waals surface area (Å²) in [6, 6.07) is 24.4. The Morgan fingerprint density at radius 3 is 1.58 bits per heavy atom. The van der Waals surface area contributed by atoms with E-state index in [1.807, 2.05) is 60.4 Å². The Hall–Kier alpha value is -2.78. The van der Waals surface area contributed by atoms with E-state index in [1.54, 1.807) is 0 Å². The van der Waals surface area contributed by atoms with Gasteiger partial charge in [0.2, 0.25) is 5.96 Å². The first-order valence-electron chi connectivity index (χ1n) is 8.39. The molecular weight excluding hydrogens is 342 g/mol. The van der Waals surface area contributed by atoms with Gasteiger partial charge in [0.05, 0.1) is 17.1 Å². The average Bonchev–Trinajstić information content (AvgIpc) is 2.60. The number of nitrogens with zero attached hydrogens (tertiary/aromatic N) is 2. The van der Waals surface area contributed by atoms with Crippen molar-refractivity contribution >= 4 is 35.4 Å². The van der Waals surface area contributed by atoms with Crippen LogP contribution in [0.25, 0.3) is 0 Å². The third-order valence-corrected chi connectivity index (χ3v) is 4.29. The highest BCUT2D eigenvalue weighted by molar-refractivity contribution is 6.04. The number of hydrogen-bond donors (Lipinski definition) is 1. The summed E-state index contributed by atoms with van der Waals surface area (Å²) in [6.45, 7) is 6.21. The largest absolute Gasteiger partial charge is 0.369 e. The Balaban J connectivity index is 0.00000243. The number of aryl methyl sites for hydroxylation is 3. The minimum Gasteiger partial charge on any atom is -0.369 e. The molecule has 0 fully saturated rings. The molecule has 0 aliphatic heterocycles. The van der Waals surface area contributed by atoms with Gasteiger partial charge in [0.15, 0.2) is 0 Å². The van der Waals surface area contributed by atoms with Gasteiger partial charge in [-0.1, -0.05) is 54.6 Å². The highest BCUT2D eigenvalue weighted by atomic mass is 35.5. The van der Waals surface area contributed by atoms with Gasteiger partial charge >= 0.3 is 0 Å². The molecule has 0 bridgehead atoms. The summed E-state index contributed by atoms with van der Waals surface area (Å²) in [7, 11) is 0. The van der Waals surface area contributed by atoms with Crippen LogP contribution in [0, 0.1) is 20.8 Å². The zero-order valence-electron chi connectivity index (χ0n) is 15.3. The number of halogens is 1. The van der Waals surface area contributed by atoms with Crippen molar-refractivity contribution in [1.82, 2.24) is 0 Å². The van der Waals surface area contributed by atoms with Crippen LogP contribution in [0.4, 0.5) is 17.1 Å². The second-order valence-corrected chi connectivity index (χ2v) is 6.16. The predicted octanol–water partition coefficient (Wildman–Crippen LogP) is 5.82. The molecule has 0 saturated heterocycles. The smallest absolute Gasteiger partial charge is 0.205 e. The third-order valence-electron chi connectivity index (χ3n) is 4.29. The predicted molar refractivity (Wildman–Crippen MR) is 114 cm³/mol. The average molecular weight is 366 g/mol. The van der Waals surface area contributed by atoms with Gasteiger partial charge in [0.1, 0.15) is 0 Å². The first-order valence-corrected chi connectivity index (χ1v) is 8.39. The Kier molecular flexibility index (Phi) is 6.42. The molecule has 0 aliphatic carbocycles. The van der Waals surface area contributed by atoms with Gasteiger partial charge in [0.25, 0.3) is 0 Å². The topological polar surface area (TPSA) is 41.6 Å². The van der Waals surface area contributed by atoms with Crippen LogP contribution < -0.4 is 10.6 Å². The molecule has 26 heavy (non-hydrogen) atoms. The number of anilines is 2. The summed E-state index contributed by atoms with van der Waals surface area (Å²) >= 11 is 0. The van der Waals surface area contributed by atoms with E-state index < -0.39 is 0 Å². The normalized spacial score (nSPS) is 11.0. The van der Waals surface area contributed by atoms with E-state index in [-0.39, 0.29) is 12.4 Å².